The fraction of sp³-hybridized carbons (Fsp3) is 0.435. The van der Waals surface area contributed by atoms with Gasteiger partial charge in [0.25, 0.3) is 0 Å². The Kier molecular flexibility index (Phi) is 6.20. The van der Waals surface area contributed by atoms with E-state index in [2.05, 4.69) is 0 Å². The Labute approximate surface area is 183 Å². The van der Waals surface area contributed by atoms with Crippen LogP contribution in [-0.2, 0) is 14.8 Å². The standard InChI is InChI=1S/C23H28N2O5S/c1-29-17-10-11-22(30-2)19(14-17)20-15-25(31(27,28)18-8-4-3-5-9-18)16-21(20)23(26)24-12-6-7-13-24/h3-5,8-11,14,20-21H,6-7,12-13,15-16H2,1-2H3. The summed E-state index contributed by atoms with van der Waals surface area (Å²) in [5, 5.41) is 0. The number of amides is 1. The van der Waals surface area contributed by atoms with E-state index in [9.17, 15) is 13.2 Å². The molecule has 31 heavy (non-hydrogen) atoms. The molecule has 0 N–H and O–H groups in total. The number of likely N-dealkylation sites (tertiary alicyclic amines) is 1. The number of ether oxygens (including phenoxy) is 2. The topological polar surface area (TPSA) is 76.1 Å². The Hall–Kier alpha value is -2.58. The van der Waals surface area contributed by atoms with Gasteiger partial charge in [-0.1, -0.05) is 18.2 Å². The van der Waals surface area contributed by atoms with Crippen molar-refractivity contribution in [1.82, 2.24) is 9.21 Å². The van der Waals surface area contributed by atoms with Crippen LogP contribution in [0.25, 0.3) is 0 Å². The van der Waals surface area contributed by atoms with E-state index in [0.717, 1.165) is 31.5 Å². The minimum absolute atomic E-state index is 0.0122. The normalized spacial score (nSPS) is 21.9. The van der Waals surface area contributed by atoms with Gasteiger partial charge < -0.3 is 14.4 Å². The highest BCUT2D eigenvalue weighted by atomic mass is 32.2. The Bertz CT molecular complexity index is 1040. The third-order valence-electron chi connectivity index (χ3n) is 6.24. The number of hydrogen-bond donors (Lipinski definition) is 0. The molecular weight excluding hydrogens is 416 g/mol. The van der Waals surface area contributed by atoms with Crippen LogP contribution in [-0.4, -0.2) is 63.9 Å². The number of rotatable bonds is 6. The first-order valence-electron chi connectivity index (χ1n) is 10.5. The van der Waals surface area contributed by atoms with Crippen molar-refractivity contribution < 1.29 is 22.7 Å². The summed E-state index contributed by atoms with van der Waals surface area (Å²) in [6.07, 6.45) is 1.97. The maximum atomic E-state index is 13.4. The number of carbonyl (C=O) groups excluding carboxylic acids is 1. The third kappa shape index (κ3) is 4.14. The summed E-state index contributed by atoms with van der Waals surface area (Å²) < 4.78 is 39.0. The molecule has 2 fully saturated rings. The molecule has 0 saturated carbocycles. The van der Waals surface area contributed by atoms with Gasteiger partial charge in [-0.2, -0.15) is 4.31 Å². The van der Waals surface area contributed by atoms with Crippen LogP contribution in [0.15, 0.2) is 53.4 Å². The molecule has 7 nitrogen and oxygen atoms in total. The molecule has 2 heterocycles. The van der Waals surface area contributed by atoms with Crippen LogP contribution in [0.3, 0.4) is 0 Å². The maximum Gasteiger partial charge on any atom is 0.243 e. The largest absolute Gasteiger partial charge is 0.497 e. The maximum absolute atomic E-state index is 13.4. The summed E-state index contributed by atoms with van der Waals surface area (Å²) in [7, 11) is -0.552. The van der Waals surface area contributed by atoms with Crippen molar-refractivity contribution in [2.24, 2.45) is 5.92 Å². The average Bonchev–Trinajstić information content (AvgIpc) is 3.49. The predicted octanol–water partition coefficient (Wildman–Crippen LogP) is 2.73. The van der Waals surface area contributed by atoms with E-state index in [1.807, 2.05) is 11.0 Å². The number of sulfonamides is 1. The second kappa shape index (κ2) is 8.88. The number of nitrogens with zero attached hydrogens (tertiary/aromatic N) is 2. The van der Waals surface area contributed by atoms with E-state index in [1.165, 1.54) is 4.31 Å². The zero-order valence-corrected chi connectivity index (χ0v) is 18.7. The van der Waals surface area contributed by atoms with Crippen LogP contribution >= 0.6 is 0 Å². The molecule has 2 aliphatic rings. The molecule has 4 rings (SSSR count). The Morgan fingerprint density at radius 1 is 0.968 bits per heavy atom. The third-order valence-corrected chi connectivity index (χ3v) is 8.08. The van der Waals surface area contributed by atoms with E-state index < -0.39 is 15.9 Å². The second-order valence-electron chi connectivity index (χ2n) is 7.99. The van der Waals surface area contributed by atoms with Crippen LogP contribution in [0, 0.1) is 5.92 Å². The summed E-state index contributed by atoms with van der Waals surface area (Å²) in [4.78, 5) is 15.5. The monoisotopic (exact) mass is 444 g/mol. The summed E-state index contributed by atoms with van der Waals surface area (Å²) in [5.41, 5.74) is 0.796. The van der Waals surface area contributed by atoms with Crippen molar-refractivity contribution in [3.05, 3.63) is 54.1 Å². The molecule has 0 aromatic heterocycles. The Balaban J connectivity index is 1.73. The van der Waals surface area contributed by atoms with Crippen molar-refractivity contribution in [2.45, 2.75) is 23.7 Å². The first kappa shape index (κ1) is 21.6. The fourth-order valence-electron chi connectivity index (χ4n) is 4.57. The molecule has 2 aromatic carbocycles. The highest BCUT2D eigenvalue weighted by Crippen LogP contribution is 2.42. The number of hydrogen-bond acceptors (Lipinski definition) is 5. The summed E-state index contributed by atoms with van der Waals surface area (Å²) in [6, 6.07) is 13.8. The van der Waals surface area contributed by atoms with Crippen molar-refractivity contribution in [2.75, 3.05) is 40.4 Å². The molecule has 2 atom stereocenters. The quantitative estimate of drug-likeness (QED) is 0.685. The highest BCUT2D eigenvalue weighted by molar-refractivity contribution is 7.89. The van der Waals surface area contributed by atoms with Gasteiger partial charge in [0, 0.05) is 37.7 Å². The van der Waals surface area contributed by atoms with Crippen LogP contribution < -0.4 is 9.47 Å². The lowest BCUT2D eigenvalue weighted by atomic mass is 9.87. The molecule has 0 bridgehead atoms. The molecule has 8 heteroatoms. The van der Waals surface area contributed by atoms with Crippen molar-refractivity contribution in [3.63, 3.8) is 0 Å². The molecule has 166 valence electrons. The van der Waals surface area contributed by atoms with Gasteiger partial charge in [0.05, 0.1) is 25.0 Å². The number of benzene rings is 2. The first-order valence-corrected chi connectivity index (χ1v) is 12.0. The van der Waals surface area contributed by atoms with E-state index in [0.29, 0.717) is 11.5 Å². The minimum atomic E-state index is -3.71. The van der Waals surface area contributed by atoms with Gasteiger partial charge in [0.1, 0.15) is 11.5 Å². The zero-order chi connectivity index (χ0) is 22.0. The molecule has 2 aromatic rings. The summed E-state index contributed by atoms with van der Waals surface area (Å²) >= 11 is 0. The lowest BCUT2D eigenvalue weighted by Gasteiger charge is -2.25. The van der Waals surface area contributed by atoms with Gasteiger partial charge in [-0.3, -0.25) is 4.79 Å². The van der Waals surface area contributed by atoms with Crippen molar-refractivity contribution in [1.29, 1.82) is 0 Å². The van der Waals surface area contributed by atoms with Crippen LogP contribution in [0.2, 0.25) is 0 Å². The van der Waals surface area contributed by atoms with Gasteiger partial charge in [-0.05, 0) is 43.2 Å². The molecule has 2 aliphatic heterocycles. The van der Waals surface area contributed by atoms with Crippen molar-refractivity contribution >= 4 is 15.9 Å². The van der Waals surface area contributed by atoms with Crippen LogP contribution in [0.5, 0.6) is 11.5 Å². The van der Waals surface area contributed by atoms with Crippen molar-refractivity contribution in [3.8, 4) is 11.5 Å². The molecule has 0 radical (unpaired) electrons. The Morgan fingerprint density at radius 3 is 2.32 bits per heavy atom. The SMILES string of the molecule is COc1ccc(OC)c(C2CN(S(=O)(=O)c3ccccc3)CC2C(=O)N2CCCC2)c1. The highest BCUT2D eigenvalue weighted by Gasteiger charge is 2.46. The second-order valence-corrected chi connectivity index (χ2v) is 9.93. The lowest BCUT2D eigenvalue weighted by Crippen LogP contribution is -2.37. The van der Waals surface area contributed by atoms with E-state index in [1.54, 1.807) is 56.7 Å². The predicted molar refractivity (Wildman–Crippen MR) is 117 cm³/mol. The van der Waals surface area contributed by atoms with Gasteiger partial charge in [-0.25, -0.2) is 8.42 Å². The van der Waals surface area contributed by atoms with Crippen LogP contribution in [0.1, 0.15) is 24.3 Å². The van der Waals surface area contributed by atoms with E-state index >= 15 is 0 Å². The van der Waals surface area contributed by atoms with Gasteiger partial charge in [-0.15, -0.1) is 0 Å². The van der Waals surface area contributed by atoms with Gasteiger partial charge in [0.2, 0.25) is 15.9 Å². The van der Waals surface area contributed by atoms with E-state index in [-0.39, 0.29) is 29.8 Å². The summed E-state index contributed by atoms with van der Waals surface area (Å²) in [5.74, 6) is 0.490. The molecule has 1 amide bonds. The first-order chi connectivity index (χ1) is 15.0. The van der Waals surface area contributed by atoms with E-state index in [4.69, 9.17) is 9.47 Å². The van der Waals surface area contributed by atoms with Crippen LogP contribution in [0.4, 0.5) is 0 Å². The lowest BCUT2D eigenvalue weighted by molar-refractivity contribution is -0.134. The number of carbonyl (C=O) groups is 1. The molecule has 2 unspecified atom stereocenters. The molecule has 0 spiro atoms. The van der Waals surface area contributed by atoms with Gasteiger partial charge in [0.15, 0.2) is 0 Å². The zero-order valence-electron chi connectivity index (χ0n) is 17.9. The molecule has 0 aliphatic carbocycles. The minimum Gasteiger partial charge on any atom is -0.497 e. The molecular formula is C23H28N2O5S. The fourth-order valence-corrected chi connectivity index (χ4v) is 6.08. The Morgan fingerprint density at radius 2 is 1.68 bits per heavy atom. The average molecular weight is 445 g/mol. The smallest absolute Gasteiger partial charge is 0.243 e. The molecule has 2 saturated heterocycles. The summed E-state index contributed by atoms with van der Waals surface area (Å²) in [6.45, 7) is 1.81. The van der Waals surface area contributed by atoms with Gasteiger partial charge >= 0.3 is 0 Å². The number of methoxy groups -OCH3 is 2.